The van der Waals surface area contributed by atoms with Gasteiger partial charge in [-0.15, -0.1) is 0 Å². The average Bonchev–Trinajstić information content (AvgIpc) is 2.93. The second-order valence-electron chi connectivity index (χ2n) is 6.23. The molecule has 1 saturated carbocycles. The maximum absolute atomic E-state index is 4.80. The van der Waals surface area contributed by atoms with Crippen molar-refractivity contribution < 1.29 is 0 Å². The molecule has 0 aromatic carbocycles. The molecule has 0 aliphatic heterocycles. The lowest BCUT2D eigenvalue weighted by atomic mass is 10.1. The highest BCUT2D eigenvalue weighted by Gasteiger charge is 2.23. The SMILES string of the molecule is CCNc1cccc(N(CCC(C)C)C2CCCC2)n1. The van der Waals surface area contributed by atoms with Crippen LogP contribution in [0, 0.1) is 5.92 Å². The van der Waals surface area contributed by atoms with Gasteiger partial charge in [0.2, 0.25) is 0 Å². The van der Waals surface area contributed by atoms with Gasteiger partial charge in [-0.2, -0.15) is 0 Å². The monoisotopic (exact) mass is 275 g/mol. The van der Waals surface area contributed by atoms with Crippen LogP contribution in [0.2, 0.25) is 0 Å². The highest BCUT2D eigenvalue weighted by Crippen LogP contribution is 2.28. The summed E-state index contributed by atoms with van der Waals surface area (Å²) in [6.07, 6.45) is 6.63. The normalized spacial score (nSPS) is 15.8. The molecular weight excluding hydrogens is 246 g/mol. The summed E-state index contributed by atoms with van der Waals surface area (Å²) in [4.78, 5) is 7.35. The fourth-order valence-corrected chi connectivity index (χ4v) is 2.96. The number of pyridine rings is 1. The Hall–Kier alpha value is -1.25. The van der Waals surface area contributed by atoms with Crippen LogP contribution >= 0.6 is 0 Å². The molecular formula is C17H29N3. The Bertz CT molecular complexity index is 397. The number of rotatable bonds is 7. The molecule has 1 aromatic rings. The molecule has 3 heteroatoms. The topological polar surface area (TPSA) is 28.2 Å². The van der Waals surface area contributed by atoms with Gasteiger partial charge in [-0.25, -0.2) is 4.98 Å². The minimum Gasteiger partial charge on any atom is -0.370 e. The van der Waals surface area contributed by atoms with Crippen molar-refractivity contribution in [3.8, 4) is 0 Å². The van der Waals surface area contributed by atoms with E-state index >= 15 is 0 Å². The standard InChI is InChI=1S/C17H29N3/c1-4-18-16-10-7-11-17(19-16)20(13-12-14(2)3)15-8-5-6-9-15/h7,10-11,14-15H,4-6,8-9,12-13H2,1-3H3,(H,18,19). The number of nitrogens with one attached hydrogen (secondary N) is 1. The number of hydrogen-bond donors (Lipinski definition) is 1. The van der Waals surface area contributed by atoms with Crippen LogP contribution in [0.25, 0.3) is 0 Å². The van der Waals surface area contributed by atoms with Gasteiger partial charge in [0.15, 0.2) is 0 Å². The summed E-state index contributed by atoms with van der Waals surface area (Å²) in [5.74, 6) is 2.89. The number of hydrogen-bond acceptors (Lipinski definition) is 3. The van der Waals surface area contributed by atoms with E-state index in [0.717, 1.165) is 30.6 Å². The summed E-state index contributed by atoms with van der Waals surface area (Å²) < 4.78 is 0. The fraction of sp³-hybridized carbons (Fsp3) is 0.706. The van der Waals surface area contributed by atoms with Crippen molar-refractivity contribution in [1.82, 2.24) is 4.98 Å². The molecule has 2 rings (SSSR count). The molecule has 0 unspecified atom stereocenters. The van der Waals surface area contributed by atoms with Crippen molar-refractivity contribution in [2.45, 2.75) is 58.9 Å². The number of aromatic nitrogens is 1. The van der Waals surface area contributed by atoms with Crippen molar-refractivity contribution in [1.29, 1.82) is 0 Å². The number of anilines is 2. The Morgan fingerprint density at radius 1 is 1.30 bits per heavy atom. The summed E-state index contributed by atoms with van der Waals surface area (Å²) in [7, 11) is 0. The van der Waals surface area contributed by atoms with Crippen molar-refractivity contribution in [2.24, 2.45) is 5.92 Å². The Kier molecular flexibility index (Phi) is 5.69. The molecule has 1 aromatic heterocycles. The van der Waals surface area contributed by atoms with Gasteiger partial charge in [0.05, 0.1) is 0 Å². The summed E-state index contributed by atoms with van der Waals surface area (Å²) in [5, 5.41) is 3.32. The summed E-state index contributed by atoms with van der Waals surface area (Å²) in [6, 6.07) is 7.04. The molecule has 20 heavy (non-hydrogen) atoms. The van der Waals surface area contributed by atoms with Gasteiger partial charge >= 0.3 is 0 Å². The Morgan fingerprint density at radius 2 is 2.05 bits per heavy atom. The molecule has 1 fully saturated rings. The van der Waals surface area contributed by atoms with Gasteiger partial charge < -0.3 is 10.2 Å². The largest absolute Gasteiger partial charge is 0.370 e. The molecule has 0 atom stereocenters. The number of nitrogens with zero attached hydrogens (tertiary/aromatic N) is 2. The smallest absolute Gasteiger partial charge is 0.131 e. The van der Waals surface area contributed by atoms with E-state index in [1.165, 1.54) is 32.1 Å². The first-order valence-electron chi connectivity index (χ1n) is 8.18. The van der Waals surface area contributed by atoms with Crippen LogP contribution in [-0.4, -0.2) is 24.1 Å². The van der Waals surface area contributed by atoms with Crippen LogP contribution < -0.4 is 10.2 Å². The Balaban J connectivity index is 2.13. The molecule has 0 bridgehead atoms. The molecule has 0 saturated heterocycles. The summed E-state index contributed by atoms with van der Waals surface area (Å²) in [6.45, 7) is 8.77. The van der Waals surface area contributed by atoms with Gasteiger partial charge in [-0.05, 0) is 44.2 Å². The van der Waals surface area contributed by atoms with Crippen molar-refractivity contribution in [3.63, 3.8) is 0 Å². The second-order valence-corrected chi connectivity index (χ2v) is 6.23. The van der Waals surface area contributed by atoms with E-state index in [4.69, 9.17) is 4.98 Å². The van der Waals surface area contributed by atoms with Crippen LogP contribution in [0.3, 0.4) is 0 Å². The molecule has 0 spiro atoms. The van der Waals surface area contributed by atoms with Crippen LogP contribution in [0.5, 0.6) is 0 Å². The molecule has 3 nitrogen and oxygen atoms in total. The third-order valence-electron chi connectivity index (χ3n) is 4.10. The maximum atomic E-state index is 4.80. The molecule has 112 valence electrons. The highest BCUT2D eigenvalue weighted by molar-refractivity contribution is 5.48. The van der Waals surface area contributed by atoms with Crippen LogP contribution in [0.1, 0.15) is 52.9 Å². The third kappa shape index (κ3) is 4.12. The zero-order chi connectivity index (χ0) is 14.4. The maximum Gasteiger partial charge on any atom is 0.131 e. The van der Waals surface area contributed by atoms with Crippen LogP contribution in [-0.2, 0) is 0 Å². The molecule has 1 N–H and O–H groups in total. The van der Waals surface area contributed by atoms with Crippen molar-refractivity contribution in [3.05, 3.63) is 18.2 Å². The quantitative estimate of drug-likeness (QED) is 0.803. The van der Waals surface area contributed by atoms with E-state index in [2.05, 4.69) is 49.2 Å². The minimum absolute atomic E-state index is 0.693. The van der Waals surface area contributed by atoms with Crippen LogP contribution in [0.15, 0.2) is 18.2 Å². The highest BCUT2D eigenvalue weighted by atomic mass is 15.2. The third-order valence-corrected chi connectivity index (χ3v) is 4.10. The lowest BCUT2D eigenvalue weighted by Gasteiger charge is -2.31. The van der Waals surface area contributed by atoms with Crippen LogP contribution in [0.4, 0.5) is 11.6 Å². The zero-order valence-electron chi connectivity index (χ0n) is 13.2. The second kappa shape index (κ2) is 7.51. The average molecular weight is 275 g/mol. The molecule has 1 aliphatic rings. The van der Waals surface area contributed by atoms with E-state index in [-0.39, 0.29) is 0 Å². The van der Waals surface area contributed by atoms with E-state index in [1.807, 2.05) is 0 Å². The molecule has 1 heterocycles. The zero-order valence-corrected chi connectivity index (χ0v) is 13.2. The van der Waals surface area contributed by atoms with Gasteiger partial charge in [0, 0.05) is 19.1 Å². The van der Waals surface area contributed by atoms with E-state index < -0.39 is 0 Å². The van der Waals surface area contributed by atoms with Gasteiger partial charge in [0.25, 0.3) is 0 Å². The van der Waals surface area contributed by atoms with Crippen molar-refractivity contribution in [2.75, 3.05) is 23.3 Å². The lowest BCUT2D eigenvalue weighted by Crippen LogP contribution is -2.35. The van der Waals surface area contributed by atoms with E-state index in [1.54, 1.807) is 0 Å². The Labute approximate surface area is 123 Å². The predicted octanol–water partition coefficient (Wildman–Crippen LogP) is 4.31. The van der Waals surface area contributed by atoms with Gasteiger partial charge in [-0.1, -0.05) is 32.8 Å². The summed E-state index contributed by atoms with van der Waals surface area (Å²) in [5.41, 5.74) is 0. The first kappa shape index (κ1) is 15.1. The molecule has 0 radical (unpaired) electrons. The van der Waals surface area contributed by atoms with E-state index in [9.17, 15) is 0 Å². The lowest BCUT2D eigenvalue weighted by molar-refractivity contribution is 0.525. The first-order valence-corrected chi connectivity index (χ1v) is 8.18. The first-order chi connectivity index (χ1) is 9.70. The van der Waals surface area contributed by atoms with Gasteiger partial charge in [0.1, 0.15) is 11.6 Å². The molecule has 0 amide bonds. The summed E-state index contributed by atoms with van der Waals surface area (Å²) >= 11 is 0. The minimum atomic E-state index is 0.693. The van der Waals surface area contributed by atoms with Crippen molar-refractivity contribution >= 4 is 11.6 Å². The molecule has 1 aliphatic carbocycles. The van der Waals surface area contributed by atoms with E-state index in [0.29, 0.717) is 6.04 Å². The van der Waals surface area contributed by atoms with Gasteiger partial charge in [-0.3, -0.25) is 0 Å². The fourth-order valence-electron chi connectivity index (χ4n) is 2.96. The Morgan fingerprint density at radius 3 is 2.70 bits per heavy atom. The predicted molar refractivity (Wildman–Crippen MR) is 87.5 cm³/mol.